The van der Waals surface area contributed by atoms with Crippen molar-refractivity contribution in [1.82, 2.24) is 73.5 Å². The normalized spacial score (nSPS) is 32.7. The molecule has 0 aromatic heterocycles. The fraction of sp³-hybridized carbons (Fsp3) is 0.792. The summed E-state index contributed by atoms with van der Waals surface area (Å²) in [4.78, 5) is 260. The molecule has 15 saturated heterocycles. The van der Waals surface area contributed by atoms with Crippen LogP contribution >= 0.6 is 0 Å². The van der Waals surface area contributed by atoms with Crippen LogP contribution in [0.15, 0.2) is 10.2 Å². The van der Waals surface area contributed by atoms with Crippen LogP contribution < -0.4 is 5.73 Å². The van der Waals surface area contributed by atoms with E-state index < -0.39 is 162 Å². The van der Waals surface area contributed by atoms with E-state index >= 15 is 24.0 Å². The molecule has 0 aromatic rings. The van der Waals surface area contributed by atoms with Crippen LogP contribution in [-0.2, 0) is 76.7 Å². The Morgan fingerprint density at radius 2 is 0.383 bits per heavy atom. The van der Waals surface area contributed by atoms with E-state index in [0.717, 1.165) is 0 Å². The third kappa shape index (κ3) is 14.9. The smallest absolute Gasteiger partial charge is 0.246 e. The van der Waals surface area contributed by atoms with Gasteiger partial charge in [0.1, 0.15) is 90.6 Å². The Kier molecular flexibility index (Phi) is 23.6. The van der Waals surface area contributed by atoms with Gasteiger partial charge < -0.3 is 79.2 Å². The first-order valence-corrected chi connectivity index (χ1v) is 42.4. The van der Waals surface area contributed by atoms with Gasteiger partial charge in [0.25, 0.3) is 0 Å². The van der Waals surface area contributed by atoms with E-state index in [0.29, 0.717) is 167 Å². The number of amides is 16. The van der Waals surface area contributed by atoms with E-state index in [-0.39, 0.29) is 146 Å². The maximum Gasteiger partial charge on any atom is 0.246 e. The molecule has 38 heteroatoms. The monoisotopic (exact) mass is 1600 g/mol. The van der Waals surface area contributed by atoms with Crippen LogP contribution in [0.3, 0.4) is 0 Å². The molecule has 622 valence electrons. The molecule has 15 fully saturated rings. The van der Waals surface area contributed by atoms with Gasteiger partial charge in [-0.2, -0.15) is 0 Å². The molecule has 0 spiro atoms. The first kappa shape index (κ1) is 80.3. The fourth-order valence-electron chi connectivity index (χ4n) is 22.5. The van der Waals surface area contributed by atoms with Crippen molar-refractivity contribution in [2.45, 2.75) is 289 Å². The van der Waals surface area contributed by atoms with E-state index in [9.17, 15) is 58.3 Å². The third-order valence-electron chi connectivity index (χ3n) is 28.0. The molecule has 0 radical (unpaired) electrons. The Morgan fingerprint density at radius 1 is 0.235 bits per heavy atom. The number of rotatable bonds is 17. The van der Waals surface area contributed by atoms with Gasteiger partial charge in [0.15, 0.2) is 0 Å². The van der Waals surface area contributed by atoms with Gasteiger partial charge in [-0.1, -0.05) is 10.2 Å². The minimum atomic E-state index is -1.11. The number of carbonyl (C=O) groups is 16. The number of nitrogens with two attached hydrogens (primary N) is 1. The second-order valence-corrected chi connectivity index (χ2v) is 34.3. The fourth-order valence-corrected chi connectivity index (χ4v) is 22.5. The molecule has 115 heavy (non-hydrogen) atoms. The summed E-state index contributed by atoms with van der Waals surface area (Å²) in [6.07, 6.45) is 11.0. The molecule has 38 nitrogen and oxygen atoms in total. The van der Waals surface area contributed by atoms with E-state index in [1.165, 1.54) is 65.7 Å². The molecule has 0 bridgehead atoms. The predicted octanol–water partition coefficient (Wildman–Crippen LogP) is -0.0658. The molecule has 0 aromatic carbocycles. The zero-order valence-corrected chi connectivity index (χ0v) is 65.7. The Morgan fingerprint density at radius 3 is 0.557 bits per heavy atom. The summed E-state index contributed by atoms with van der Waals surface area (Å²) in [6, 6.07) is -15.3. The minimum absolute atomic E-state index is 0.00164. The summed E-state index contributed by atoms with van der Waals surface area (Å²) in [5, 5.41) is 7.66. The third-order valence-corrected chi connectivity index (χ3v) is 28.0. The quantitative estimate of drug-likeness (QED) is 0.113. The number of hydrogen-bond donors (Lipinski definition) is 1. The summed E-state index contributed by atoms with van der Waals surface area (Å²) >= 11 is 0. The van der Waals surface area contributed by atoms with E-state index in [2.05, 4.69) is 20.1 Å². The van der Waals surface area contributed by atoms with E-state index in [1.807, 2.05) is 0 Å². The van der Waals surface area contributed by atoms with Crippen molar-refractivity contribution >= 4 is 94.5 Å². The molecule has 0 saturated carbocycles. The molecular formula is C77H108N22O16. The van der Waals surface area contributed by atoms with Crippen LogP contribution in [0.2, 0.25) is 0 Å². The molecule has 15 aliphatic rings. The second kappa shape index (κ2) is 33.8. The Balaban J connectivity index is 0.553. The topological polar surface area (TPSA) is 445 Å². The zero-order valence-electron chi connectivity index (χ0n) is 65.7. The predicted molar refractivity (Wildman–Crippen MR) is 403 cm³/mol. The van der Waals surface area contributed by atoms with E-state index in [1.54, 1.807) is 14.7 Å². The highest BCUT2D eigenvalue weighted by Crippen LogP contribution is 2.39. The van der Waals surface area contributed by atoms with E-state index in [4.69, 9.17) is 11.3 Å². The molecule has 0 aliphatic carbocycles. The van der Waals surface area contributed by atoms with Gasteiger partial charge in [0, 0.05) is 115 Å². The van der Waals surface area contributed by atoms with Crippen molar-refractivity contribution in [2.75, 3.05) is 98.2 Å². The Bertz CT molecular complexity index is 4060. The molecular weight excluding hydrogens is 1490 g/mol. The van der Waals surface area contributed by atoms with Crippen molar-refractivity contribution in [3.05, 3.63) is 20.9 Å². The van der Waals surface area contributed by atoms with Gasteiger partial charge in [-0.3, -0.25) is 76.7 Å². The molecule has 0 unspecified atom stereocenters. The first-order valence-electron chi connectivity index (χ1n) is 42.4. The highest BCUT2D eigenvalue weighted by atomic mass is 16.2. The van der Waals surface area contributed by atoms with Crippen molar-refractivity contribution in [1.29, 1.82) is 0 Å². The van der Waals surface area contributed by atoms with Crippen LogP contribution in [0.1, 0.15) is 187 Å². The number of azide groups is 2. The molecule has 15 aliphatic heterocycles. The average Bonchev–Trinajstić information content (AvgIpc) is 1.64. The Hall–Kier alpha value is -9.86. The Labute approximate surface area is 666 Å². The van der Waals surface area contributed by atoms with Gasteiger partial charge in [-0.15, -0.1) is 0 Å². The standard InChI is InChI=1S/C77H108N22O16/c1-45(100)98-43-46(81-83-79)41-61(98)76(114)96-39-13-26-59(96)74(112)94-37-10-24-57(94)72(110)92-35-8-22-55(92)70(108)90-33-6-20-53(90)68(106)88-31-4-18-51(88)66(104)86-29-3-17-50(86)65(103)87-30-5-19-52(87)67(105)89-32-7-21-54(89)69(107)91-34-9-23-56(91)71(109)93-36-11-25-58(93)73(111)95-38-14-27-60(95)75(113)99-44-47(82-84-80)42-62(99)77(115)97-40-12-16-49(97)64(102)85-28-2-15-48(85)63(78)101/h46-62H,2-44H2,1H3,(H2,78,101)/t46-,47-,48+,49+,50+,51+,52+,53+,54+,55+,56+,57+,58+,59+,60+,61+,62+/m1/s1. The molecule has 17 atom stereocenters. The van der Waals surface area contributed by atoms with Crippen LogP contribution in [0, 0.1) is 0 Å². The van der Waals surface area contributed by atoms with Gasteiger partial charge in [0.2, 0.25) is 94.5 Å². The lowest BCUT2D eigenvalue weighted by Crippen LogP contribution is -2.60. The van der Waals surface area contributed by atoms with Crippen molar-refractivity contribution < 1.29 is 76.7 Å². The largest absolute Gasteiger partial charge is 0.368 e. The molecule has 15 rings (SSSR count). The number of carbonyl (C=O) groups excluding carboxylic acids is 16. The molecule has 2 N–H and O–H groups in total. The van der Waals surface area contributed by atoms with Crippen molar-refractivity contribution in [2.24, 2.45) is 16.0 Å². The lowest BCUT2D eigenvalue weighted by atomic mass is 10.1. The highest BCUT2D eigenvalue weighted by molar-refractivity contribution is 6.02. The highest BCUT2D eigenvalue weighted by Gasteiger charge is 2.57. The van der Waals surface area contributed by atoms with Gasteiger partial charge in [-0.25, -0.2) is 0 Å². The van der Waals surface area contributed by atoms with Crippen LogP contribution in [-0.4, -0.2) is 369 Å². The second-order valence-electron chi connectivity index (χ2n) is 34.3. The number of primary amides is 1. The van der Waals surface area contributed by atoms with Gasteiger partial charge >= 0.3 is 0 Å². The number of hydrogen-bond acceptors (Lipinski definition) is 18. The maximum absolute atomic E-state index is 15.1. The lowest BCUT2D eigenvalue weighted by Gasteiger charge is -2.38. The zero-order chi connectivity index (χ0) is 80.9. The van der Waals surface area contributed by atoms with Gasteiger partial charge in [-0.05, 0) is 191 Å². The first-order chi connectivity index (χ1) is 55.5. The van der Waals surface area contributed by atoms with Crippen LogP contribution in [0.25, 0.3) is 20.9 Å². The average molecular weight is 1600 g/mol. The summed E-state index contributed by atoms with van der Waals surface area (Å²) in [5.41, 5.74) is 24.3. The summed E-state index contributed by atoms with van der Waals surface area (Å²) in [7, 11) is 0. The number of likely N-dealkylation sites (tertiary alicyclic amines) is 15. The van der Waals surface area contributed by atoms with Crippen molar-refractivity contribution in [3.63, 3.8) is 0 Å². The summed E-state index contributed by atoms with van der Waals surface area (Å²) in [6.45, 7) is 4.54. The summed E-state index contributed by atoms with van der Waals surface area (Å²) < 4.78 is 0. The van der Waals surface area contributed by atoms with Crippen LogP contribution in [0.5, 0.6) is 0 Å². The lowest BCUT2D eigenvalue weighted by molar-refractivity contribution is -0.156. The molecule has 15 heterocycles. The van der Waals surface area contributed by atoms with Crippen molar-refractivity contribution in [3.8, 4) is 0 Å². The van der Waals surface area contributed by atoms with Crippen LogP contribution in [0.4, 0.5) is 0 Å². The minimum Gasteiger partial charge on any atom is -0.368 e. The van der Waals surface area contributed by atoms with Gasteiger partial charge in [0.05, 0.1) is 12.1 Å². The molecule has 16 amide bonds. The SMILES string of the molecule is CC(=O)N1C[C@H](N=[N+]=[N-])C[C@H]1C(=O)N1CCC[C@H]1C(=O)N1CCC[C@H]1C(=O)N1CCC[C@H]1C(=O)N1CCC[C@H]1C(=O)N1CCC[C@H]1C(=O)N1CCC[C@H]1C(=O)N1CCC[C@H]1C(=O)N1CCC[C@H]1C(=O)N1CCC[C@H]1C(=O)N1CCC[C@H]1C(=O)N1CCC[C@H]1C(=O)N1C[C@H](N=[N+]=[N-])C[C@H]1C(=O)N1CCC[C@H]1C(=O)N1CCC[C@H]1C(N)=O. The maximum atomic E-state index is 15.1. The number of nitrogens with zero attached hydrogens (tertiary/aromatic N) is 21. The summed E-state index contributed by atoms with van der Waals surface area (Å²) in [5.74, 6) is -6.75.